The average molecular weight is 516 g/mol. The smallest absolute Gasteiger partial charge is 0.253 e. The normalized spacial score (nSPS) is 14.2. The Hall–Kier alpha value is -3.55. The highest BCUT2D eigenvalue weighted by Crippen LogP contribution is 2.24. The summed E-state index contributed by atoms with van der Waals surface area (Å²) in [6, 6.07) is 22.1. The molecule has 0 aliphatic carbocycles. The van der Waals surface area contributed by atoms with E-state index in [0.717, 1.165) is 48.5 Å². The minimum Gasteiger partial charge on any atom is -0.490 e. The van der Waals surface area contributed by atoms with Crippen LogP contribution in [0, 0.1) is 5.82 Å². The fourth-order valence-electron chi connectivity index (χ4n) is 4.70. The van der Waals surface area contributed by atoms with Gasteiger partial charge in [-0.25, -0.2) is 9.37 Å². The van der Waals surface area contributed by atoms with Gasteiger partial charge in [0, 0.05) is 50.0 Å². The third-order valence-electron chi connectivity index (χ3n) is 6.59. The molecule has 0 N–H and O–H groups in total. The van der Waals surface area contributed by atoms with Crippen LogP contribution in [-0.2, 0) is 13.1 Å². The zero-order valence-corrected chi connectivity index (χ0v) is 21.7. The van der Waals surface area contributed by atoms with E-state index in [4.69, 9.17) is 4.74 Å². The maximum absolute atomic E-state index is 13.3. The third-order valence-corrected chi connectivity index (χ3v) is 7.22. The summed E-state index contributed by atoms with van der Waals surface area (Å²) in [6.45, 7) is 2.94. The van der Waals surface area contributed by atoms with E-state index in [1.807, 2.05) is 46.8 Å². The Labute approximate surface area is 221 Å². The van der Waals surface area contributed by atoms with Crippen LogP contribution >= 0.6 is 11.3 Å². The molecule has 7 heteroatoms. The van der Waals surface area contributed by atoms with Crippen LogP contribution in [0.3, 0.4) is 0 Å². The lowest BCUT2D eigenvalue weighted by atomic mass is 10.0. The Morgan fingerprint density at radius 3 is 2.57 bits per heavy atom. The van der Waals surface area contributed by atoms with Crippen LogP contribution in [0.2, 0.25) is 0 Å². The number of benzene rings is 3. The van der Waals surface area contributed by atoms with Gasteiger partial charge < -0.3 is 9.64 Å². The number of ether oxygens (including phenoxy) is 1. The molecule has 0 radical (unpaired) electrons. The number of carbonyl (C=O) groups excluding carboxylic acids is 1. The Kier molecular flexibility index (Phi) is 7.92. The lowest BCUT2D eigenvalue weighted by Crippen LogP contribution is -2.41. The molecule has 0 unspecified atom stereocenters. The highest BCUT2D eigenvalue weighted by atomic mass is 32.1. The number of nitrogens with zero attached hydrogens (tertiary/aromatic N) is 3. The molecule has 1 aromatic heterocycles. The molecule has 5 nitrogen and oxygen atoms in total. The maximum Gasteiger partial charge on any atom is 0.253 e. The fourth-order valence-corrected chi connectivity index (χ4v) is 5.25. The van der Waals surface area contributed by atoms with Crippen LogP contribution in [0.4, 0.5) is 4.39 Å². The molecule has 0 spiro atoms. The van der Waals surface area contributed by atoms with E-state index in [-0.39, 0.29) is 17.8 Å². The van der Waals surface area contributed by atoms with Crippen molar-refractivity contribution in [1.82, 2.24) is 14.8 Å². The molecule has 0 bridgehead atoms. The zero-order chi connectivity index (χ0) is 25.6. The van der Waals surface area contributed by atoms with Crippen LogP contribution in [0.1, 0.15) is 34.5 Å². The van der Waals surface area contributed by atoms with Crippen LogP contribution in [0.15, 0.2) is 83.7 Å². The summed E-state index contributed by atoms with van der Waals surface area (Å²) in [6.07, 6.45) is 1.66. The molecule has 1 fully saturated rings. The number of rotatable bonds is 8. The van der Waals surface area contributed by atoms with Gasteiger partial charge in [0.2, 0.25) is 0 Å². The first-order chi connectivity index (χ1) is 18.0. The molecule has 1 aliphatic rings. The summed E-state index contributed by atoms with van der Waals surface area (Å²) >= 11 is 1.62. The molecule has 2 heterocycles. The predicted molar refractivity (Wildman–Crippen MR) is 145 cm³/mol. The highest BCUT2D eigenvalue weighted by Gasteiger charge is 2.25. The first-order valence-corrected chi connectivity index (χ1v) is 13.4. The first kappa shape index (κ1) is 25.1. The van der Waals surface area contributed by atoms with E-state index in [2.05, 4.69) is 34.4 Å². The number of aromatic nitrogens is 1. The van der Waals surface area contributed by atoms with Crippen molar-refractivity contribution < 1.29 is 13.9 Å². The quantitative estimate of drug-likeness (QED) is 0.278. The van der Waals surface area contributed by atoms with Gasteiger partial charge in [-0.1, -0.05) is 36.4 Å². The van der Waals surface area contributed by atoms with Crippen molar-refractivity contribution in [3.8, 4) is 16.9 Å². The number of amides is 1. The van der Waals surface area contributed by atoms with E-state index in [1.165, 1.54) is 17.7 Å². The zero-order valence-electron chi connectivity index (χ0n) is 20.8. The second kappa shape index (κ2) is 11.7. The Morgan fingerprint density at radius 1 is 1.03 bits per heavy atom. The molecule has 1 saturated heterocycles. The van der Waals surface area contributed by atoms with Crippen LogP contribution in [0.25, 0.3) is 11.1 Å². The van der Waals surface area contributed by atoms with Crippen molar-refractivity contribution in [1.29, 1.82) is 0 Å². The van der Waals surface area contributed by atoms with Gasteiger partial charge in [0.25, 0.3) is 5.91 Å². The van der Waals surface area contributed by atoms with Gasteiger partial charge in [0.05, 0.1) is 11.2 Å². The number of likely N-dealkylation sites (tertiary alicyclic amines) is 1. The Balaban J connectivity index is 1.14. The molecular weight excluding hydrogens is 485 g/mol. The molecular formula is C30H30FN3O2S. The molecule has 190 valence electrons. The van der Waals surface area contributed by atoms with Crippen molar-refractivity contribution in [2.75, 3.05) is 20.1 Å². The van der Waals surface area contributed by atoms with Crippen molar-refractivity contribution in [3.63, 3.8) is 0 Å². The maximum atomic E-state index is 13.3. The van der Waals surface area contributed by atoms with Crippen molar-refractivity contribution >= 4 is 17.2 Å². The number of hydrogen-bond donors (Lipinski definition) is 0. The lowest BCUT2D eigenvalue weighted by Gasteiger charge is -2.32. The fraction of sp³-hybridized carbons (Fsp3) is 0.267. The van der Waals surface area contributed by atoms with E-state index in [0.29, 0.717) is 18.7 Å². The van der Waals surface area contributed by atoms with Gasteiger partial charge in [-0.2, -0.15) is 0 Å². The minimum atomic E-state index is -0.271. The Morgan fingerprint density at radius 2 is 1.81 bits per heavy atom. The topological polar surface area (TPSA) is 45.7 Å². The summed E-state index contributed by atoms with van der Waals surface area (Å²) < 4.78 is 19.6. The SMILES string of the molecule is CN(Cc1cccc(OC2CCN(C(=O)c3cccc(-c4ccc(F)cc4)c3)CC2)c1)Cc1cscn1. The second-order valence-electron chi connectivity index (χ2n) is 9.50. The number of piperidine rings is 1. The molecule has 37 heavy (non-hydrogen) atoms. The van der Waals surface area contributed by atoms with Gasteiger partial charge in [-0.15, -0.1) is 11.3 Å². The molecule has 1 aliphatic heterocycles. The van der Waals surface area contributed by atoms with Gasteiger partial charge in [0.15, 0.2) is 0 Å². The van der Waals surface area contributed by atoms with Gasteiger partial charge in [-0.05, 0) is 60.1 Å². The highest BCUT2D eigenvalue weighted by molar-refractivity contribution is 7.07. The van der Waals surface area contributed by atoms with Crippen molar-refractivity contribution in [2.45, 2.75) is 32.0 Å². The van der Waals surface area contributed by atoms with E-state index in [1.54, 1.807) is 23.5 Å². The minimum absolute atomic E-state index is 0.0209. The predicted octanol–water partition coefficient (Wildman–Crippen LogP) is 6.26. The summed E-state index contributed by atoms with van der Waals surface area (Å²) in [5.74, 6) is 0.621. The largest absolute Gasteiger partial charge is 0.490 e. The van der Waals surface area contributed by atoms with Gasteiger partial charge in [0.1, 0.15) is 17.7 Å². The lowest BCUT2D eigenvalue weighted by molar-refractivity contribution is 0.0595. The molecule has 0 saturated carbocycles. The van der Waals surface area contributed by atoms with Gasteiger partial charge >= 0.3 is 0 Å². The molecule has 1 amide bonds. The Bertz CT molecular complexity index is 1320. The van der Waals surface area contributed by atoms with E-state index >= 15 is 0 Å². The van der Waals surface area contributed by atoms with E-state index in [9.17, 15) is 9.18 Å². The van der Waals surface area contributed by atoms with Crippen molar-refractivity contribution in [2.24, 2.45) is 0 Å². The van der Waals surface area contributed by atoms with Gasteiger partial charge in [-0.3, -0.25) is 9.69 Å². The van der Waals surface area contributed by atoms with Crippen LogP contribution in [-0.4, -0.2) is 46.9 Å². The molecule has 3 aromatic carbocycles. The van der Waals surface area contributed by atoms with E-state index < -0.39 is 0 Å². The summed E-state index contributed by atoms with van der Waals surface area (Å²) in [7, 11) is 2.09. The second-order valence-corrected chi connectivity index (χ2v) is 10.2. The van der Waals surface area contributed by atoms with Crippen LogP contribution in [0.5, 0.6) is 5.75 Å². The van der Waals surface area contributed by atoms with Crippen molar-refractivity contribution in [3.05, 3.63) is 106 Å². The molecule has 4 aromatic rings. The number of halogens is 1. The summed E-state index contributed by atoms with van der Waals surface area (Å²) in [4.78, 5) is 21.7. The summed E-state index contributed by atoms with van der Waals surface area (Å²) in [5, 5.41) is 2.08. The number of hydrogen-bond acceptors (Lipinski definition) is 5. The average Bonchev–Trinajstić information content (AvgIpc) is 3.42. The molecule has 5 rings (SSSR count). The number of thiazole rings is 1. The third kappa shape index (κ3) is 6.61. The van der Waals surface area contributed by atoms with Crippen LogP contribution < -0.4 is 4.74 Å². The number of carbonyl (C=O) groups is 1. The molecule has 0 atom stereocenters. The summed E-state index contributed by atoms with van der Waals surface area (Å²) in [5.41, 5.74) is 6.59. The monoisotopic (exact) mass is 515 g/mol. The first-order valence-electron chi connectivity index (χ1n) is 12.5. The standard InChI is InChI=1S/C30H30FN3O2S/c1-33(19-27-20-37-21-32-27)18-22-4-2-7-29(16-22)36-28-12-14-34(15-13-28)30(35)25-6-3-5-24(17-25)23-8-10-26(31)11-9-23/h2-11,16-17,20-21,28H,12-15,18-19H2,1H3.